The minimum Gasteiger partial charge on any atom is -0.346 e. The summed E-state index contributed by atoms with van der Waals surface area (Å²) < 4.78 is 0. The van der Waals surface area contributed by atoms with E-state index in [4.69, 9.17) is 0 Å². The van der Waals surface area contributed by atoms with Crippen LogP contribution in [-0.4, -0.2) is 31.5 Å². The lowest BCUT2D eigenvalue weighted by Crippen LogP contribution is -2.22. The fourth-order valence-electron chi connectivity index (χ4n) is 2.67. The third kappa shape index (κ3) is 3.05. The van der Waals surface area contributed by atoms with E-state index in [1.165, 1.54) is 36.2 Å². The van der Waals surface area contributed by atoms with Gasteiger partial charge in [0.1, 0.15) is 10.7 Å². The summed E-state index contributed by atoms with van der Waals surface area (Å²) >= 11 is 1.45. The fourth-order valence-corrected chi connectivity index (χ4v) is 3.38. The zero-order valence-electron chi connectivity index (χ0n) is 12.9. The van der Waals surface area contributed by atoms with Crippen molar-refractivity contribution in [1.82, 2.24) is 30.9 Å². The molecule has 0 aliphatic heterocycles. The van der Waals surface area contributed by atoms with Crippen molar-refractivity contribution >= 4 is 17.2 Å². The molecule has 1 aliphatic rings. The average Bonchev–Trinajstić information content (AvgIpc) is 3.23. The van der Waals surface area contributed by atoms with Gasteiger partial charge in [0.15, 0.2) is 0 Å². The van der Waals surface area contributed by atoms with Crippen LogP contribution in [0.2, 0.25) is 0 Å². The SMILES string of the molecule is O=C(NCc1nc(-c2nn[nH]n2)cs1)c1ccc(C2CCC2)cc1. The number of carbonyl (C=O) groups excluding carboxylic acids is 1. The maximum Gasteiger partial charge on any atom is 0.251 e. The molecule has 1 aromatic carbocycles. The van der Waals surface area contributed by atoms with Crippen LogP contribution in [-0.2, 0) is 6.54 Å². The van der Waals surface area contributed by atoms with Gasteiger partial charge in [-0.1, -0.05) is 18.6 Å². The Morgan fingerprint density at radius 2 is 2.12 bits per heavy atom. The van der Waals surface area contributed by atoms with Crippen LogP contribution >= 0.6 is 11.3 Å². The lowest BCUT2D eigenvalue weighted by molar-refractivity contribution is 0.0951. The van der Waals surface area contributed by atoms with E-state index in [0.29, 0.717) is 29.5 Å². The molecule has 1 amide bonds. The summed E-state index contributed by atoms with van der Waals surface area (Å²) in [6, 6.07) is 7.93. The predicted octanol–water partition coefficient (Wildman–Crippen LogP) is 2.52. The van der Waals surface area contributed by atoms with Gasteiger partial charge in [0.2, 0.25) is 5.82 Å². The molecule has 24 heavy (non-hydrogen) atoms. The number of amides is 1. The van der Waals surface area contributed by atoms with Gasteiger partial charge in [0.25, 0.3) is 5.91 Å². The molecule has 2 aromatic heterocycles. The van der Waals surface area contributed by atoms with Gasteiger partial charge in [0.05, 0.1) is 6.54 Å². The standard InChI is InChI=1S/C16H16N6OS/c23-16(12-6-4-11(5-7-12)10-2-1-3-10)17-8-14-18-13(9-24-14)15-19-21-22-20-15/h4-7,9-10H,1-3,8H2,(H,17,23)(H,19,20,21,22). The number of H-pyrrole nitrogens is 1. The average molecular weight is 340 g/mol. The molecule has 2 heterocycles. The number of rotatable bonds is 5. The van der Waals surface area contributed by atoms with Crippen LogP contribution in [0.3, 0.4) is 0 Å². The Labute approximate surface area is 142 Å². The van der Waals surface area contributed by atoms with Gasteiger partial charge in [-0.3, -0.25) is 4.79 Å². The van der Waals surface area contributed by atoms with Crippen LogP contribution in [0.5, 0.6) is 0 Å². The molecule has 1 saturated carbocycles. The summed E-state index contributed by atoms with van der Waals surface area (Å²) in [4.78, 5) is 16.6. The van der Waals surface area contributed by atoms with Gasteiger partial charge < -0.3 is 5.32 Å². The lowest BCUT2D eigenvalue weighted by Gasteiger charge is -2.25. The highest BCUT2D eigenvalue weighted by molar-refractivity contribution is 7.09. The molecule has 4 rings (SSSR count). The van der Waals surface area contributed by atoms with E-state index in [1.54, 1.807) is 0 Å². The largest absolute Gasteiger partial charge is 0.346 e. The molecule has 7 nitrogen and oxygen atoms in total. The van der Waals surface area contributed by atoms with Crippen molar-refractivity contribution in [2.75, 3.05) is 0 Å². The Balaban J connectivity index is 1.36. The number of tetrazole rings is 1. The number of aromatic nitrogens is 5. The maximum absolute atomic E-state index is 12.2. The Hall–Kier alpha value is -2.61. The topological polar surface area (TPSA) is 96.5 Å². The minimum atomic E-state index is -0.0912. The number of hydrogen-bond acceptors (Lipinski definition) is 6. The summed E-state index contributed by atoms with van der Waals surface area (Å²) in [6.07, 6.45) is 3.84. The summed E-state index contributed by atoms with van der Waals surface area (Å²) in [5.74, 6) is 1.04. The molecule has 0 atom stereocenters. The number of aromatic amines is 1. The third-order valence-electron chi connectivity index (χ3n) is 4.28. The van der Waals surface area contributed by atoms with Crippen LogP contribution in [0, 0.1) is 0 Å². The zero-order chi connectivity index (χ0) is 16.4. The second-order valence-electron chi connectivity index (χ2n) is 5.79. The van der Waals surface area contributed by atoms with Crippen LogP contribution < -0.4 is 5.32 Å². The highest BCUT2D eigenvalue weighted by Crippen LogP contribution is 2.36. The lowest BCUT2D eigenvalue weighted by atomic mass is 9.80. The smallest absolute Gasteiger partial charge is 0.251 e. The van der Waals surface area contributed by atoms with Crippen molar-refractivity contribution in [3.8, 4) is 11.5 Å². The van der Waals surface area contributed by atoms with Gasteiger partial charge in [-0.25, -0.2) is 4.98 Å². The van der Waals surface area contributed by atoms with Gasteiger partial charge in [0, 0.05) is 10.9 Å². The minimum absolute atomic E-state index is 0.0912. The number of nitrogens with zero attached hydrogens (tertiary/aromatic N) is 4. The van der Waals surface area contributed by atoms with Crippen molar-refractivity contribution in [1.29, 1.82) is 0 Å². The molecular formula is C16H16N6OS. The summed E-state index contributed by atoms with van der Waals surface area (Å²) in [5, 5.41) is 19.2. The summed E-state index contributed by atoms with van der Waals surface area (Å²) in [6.45, 7) is 0.381. The quantitative estimate of drug-likeness (QED) is 0.744. The van der Waals surface area contributed by atoms with Gasteiger partial charge >= 0.3 is 0 Å². The number of nitrogens with one attached hydrogen (secondary N) is 2. The first-order valence-electron chi connectivity index (χ1n) is 7.86. The molecule has 0 unspecified atom stereocenters. The molecule has 0 saturated heterocycles. The van der Waals surface area contributed by atoms with E-state index in [0.717, 1.165) is 5.01 Å². The second-order valence-corrected chi connectivity index (χ2v) is 6.74. The van der Waals surface area contributed by atoms with E-state index in [2.05, 4.69) is 43.1 Å². The van der Waals surface area contributed by atoms with E-state index >= 15 is 0 Å². The predicted molar refractivity (Wildman–Crippen MR) is 89.5 cm³/mol. The van der Waals surface area contributed by atoms with Gasteiger partial charge in [-0.05, 0) is 41.7 Å². The van der Waals surface area contributed by atoms with Crippen molar-refractivity contribution < 1.29 is 4.79 Å². The van der Waals surface area contributed by atoms with Crippen molar-refractivity contribution in [3.05, 3.63) is 45.8 Å². The molecule has 8 heteroatoms. The maximum atomic E-state index is 12.2. The second kappa shape index (κ2) is 6.48. The summed E-state index contributed by atoms with van der Waals surface area (Å²) in [5.41, 5.74) is 2.67. The Kier molecular flexibility index (Phi) is 4.04. The first-order chi connectivity index (χ1) is 11.8. The van der Waals surface area contributed by atoms with Crippen molar-refractivity contribution in [2.24, 2.45) is 0 Å². The van der Waals surface area contributed by atoms with Gasteiger partial charge in [-0.2, -0.15) is 5.21 Å². The molecule has 122 valence electrons. The van der Waals surface area contributed by atoms with E-state index in [9.17, 15) is 4.79 Å². The molecule has 0 radical (unpaired) electrons. The molecule has 1 aliphatic carbocycles. The molecule has 0 spiro atoms. The number of carbonyl (C=O) groups is 1. The fraction of sp³-hybridized carbons (Fsp3) is 0.312. The molecule has 0 bridgehead atoms. The Bertz CT molecular complexity index is 823. The molecule has 3 aromatic rings. The first-order valence-corrected chi connectivity index (χ1v) is 8.74. The van der Waals surface area contributed by atoms with Crippen LogP contribution in [0.4, 0.5) is 0 Å². The Morgan fingerprint density at radius 1 is 1.29 bits per heavy atom. The number of thiazole rings is 1. The number of hydrogen-bond donors (Lipinski definition) is 2. The first kappa shape index (κ1) is 14.9. The normalized spacial score (nSPS) is 14.3. The highest BCUT2D eigenvalue weighted by atomic mass is 32.1. The zero-order valence-corrected chi connectivity index (χ0v) is 13.7. The summed E-state index contributed by atoms with van der Waals surface area (Å²) in [7, 11) is 0. The van der Waals surface area contributed by atoms with Crippen LogP contribution in [0.15, 0.2) is 29.6 Å². The Morgan fingerprint density at radius 3 is 2.79 bits per heavy atom. The monoisotopic (exact) mass is 340 g/mol. The highest BCUT2D eigenvalue weighted by Gasteiger charge is 2.19. The third-order valence-corrected chi connectivity index (χ3v) is 5.12. The van der Waals surface area contributed by atoms with E-state index in [1.807, 2.05) is 17.5 Å². The van der Waals surface area contributed by atoms with Gasteiger partial charge in [-0.15, -0.1) is 21.5 Å². The van der Waals surface area contributed by atoms with Crippen LogP contribution in [0.1, 0.15) is 46.1 Å². The van der Waals surface area contributed by atoms with E-state index in [-0.39, 0.29) is 5.91 Å². The van der Waals surface area contributed by atoms with Crippen LogP contribution in [0.25, 0.3) is 11.5 Å². The van der Waals surface area contributed by atoms with Crippen molar-refractivity contribution in [3.63, 3.8) is 0 Å². The molecule has 2 N–H and O–H groups in total. The number of benzene rings is 1. The molecular weight excluding hydrogens is 324 g/mol. The molecule has 1 fully saturated rings. The van der Waals surface area contributed by atoms with E-state index < -0.39 is 0 Å². The van der Waals surface area contributed by atoms with Crippen molar-refractivity contribution in [2.45, 2.75) is 31.7 Å².